The molecular weight excluding hydrogens is 140 g/mol. The molecule has 1 saturated carbocycles. The third kappa shape index (κ3) is 1.82. The normalized spacial score (nSPS) is 19.1. The van der Waals surface area contributed by atoms with Gasteiger partial charge in [-0.25, -0.2) is 4.79 Å². The number of hydrogen-bond acceptors (Lipinski definition) is 2. The Balaban J connectivity index is 2.42. The number of ether oxygens (including phenoxy) is 1. The molecule has 0 bridgehead atoms. The van der Waals surface area contributed by atoms with Crippen LogP contribution in [0.25, 0.3) is 0 Å². The van der Waals surface area contributed by atoms with Crippen molar-refractivity contribution in [1.29, 1.82) is 0 Å². The molecule has 1 fully saturated rings. The second kappa shape index (κ2) is 2.68. The van der Waals surface area contributed by atoms with Crippen molar-refractivity contribution >= 4 is 5.97 Å². The Morgan fingerprint density at radius 1 is 1.64 bits per heavy atom. The molecule has 62 valence electrons. The van der Waals surface area contributed by atoms with Crippen molar-refractivity contribution in [3.05, 3.63) is 12.2 Å². The zero-order valence-corrected chi connectivity index (χ0v) is 7.14. The van der Waals surface area contributed by atoms with Crippen molar-refractivity contribution in [2.24, 2.45) is 0 Å². The molecule has 0 atom stereocenters. The third-order valence-electron chi connectivity index (χ3n) is 2.11. The highest BCUT2D eigenvalue weighted by atomic mass is 16.6. The minimum Gasteiger partial charge on any atom is -0.456 e. The molecule has 0 spiro atoms. The molecule has 0 aromatic carbocycles. The molecule has 0 amide bonds. The van der Waals surface area contributed by atoms with E-state index in [1.807, 2.05) is 6.92 Å². The standard InChI is InChI=1S/C9H14O2/c1-4-9(5-6-9)11-8(10)7(2)3/h2,4-6H2,1,3H3. The Hall–Kier alpha value is -0.790. The molecule has 0 radical (unpaired) electrons. The monoisotopic (exact) mass is 154 g/mol. The molecule has 0 aromatic heterocycles. The van der Waals surface area contributed by atoms with Crippen LogP contribution >= 0.6 is 0 Å². The van der Waals surface area contributed by atoms with Crippen molar-refractivity contribution in [2.75, 3.05) is 0 Å². The van der Waals surface area contributed by atoms with Gasteiger partial charge in [-0.15, -0.1) is 0 Å². The summed E-state index contributed by atoms with van der Waals surface area (Å²) in [5, 5.41) is 0. The van der Waals surface area contributed by atoms with Crippen LogP contribution in [-0.2, 0) is 9.53 Å². The molecule has 2 heteroatoms. The molecule has 0 aromatic rings. The summed E-state index contributed by atoms with van der Waals surface area (Å²) < 4.78 is 5.22. The van der Waals surface area contributed by atoms with Gasteiger partial charge in [0.15, 0.2) is 0 Å². The lowest BCUT2D eigenvalue weighted by Gasteiger charge is -2.13. The van der Waals surface area contributed by atoms with Crippen LogP contribution in [0.15, 0.2) is 12.2 Å². The largest absolute Gasteiger partial charge is 0.456 e. The third-order valence-corrected chi connectivity index (χ3v) is 2.11. The predicted octanol–water partition coefficient (Wildman–Crippen LogP) is 2.05. The average Bonchev–Trinajstić information content (AvgIpc) is 2.69. The SMILES string of the molecule is C=C(C)C(=O)OC1(CC)CC1. The lowest BCUT2D eigenvalue weighted by Crippen LogP contribution is -2.18. The van der Waals surface area contributed by atoms with E-state index in [4.69, 9.17) is 4.74 Å². The van der Waals surface area contributed by atoms with Gasteiger partial charge in [0, 0.05) is 5.57 Å². The summed E-state index contributed by atoms with van der Waals surface area (Å²) in [4.78, 5) is 11.0. The van der Waals surface area contributed by atoms with Gasteiger partial charge in [-0.3, -0.25) is 0 Å². The second-order valence-corrected chi connectivity index (χ2v) is 3.21. The maximum atomic E-state index is 11.0. The minimum atomic E-state index is -0.246. The van der Waals surface area contributed by atoms with Crippen LogP contribution < -0.4 is 0 Å². The van der Waals surface area contributed by atoms with E-state index < -0.39 is 0 Å². The lowest BCUT2D eigenvalue weighted by molar-refractivity contribution is -0.146. The van der Waals surface area contributed by atoms with Gasteiger partial charge < -0.3 is 4.74 Å². The van der Waals surface area contributed by atoms with Crippen molar-refractivity contribution in [1.82, 2.24) is 0 Å². The molecule has 11 heavy (non-hydrogen) atoms. The fraction of sp³-hybridized carbons (Fsp3) is 0.667. The summed E-state index contributed by atoms with van der Waals surface area (Å²) in [6, 6.07) is 0. The molecule has 0 saturated heterocycles. The van der Waals surface area contributed by atoms with Gasteiger partial charge >= 0.3 is 5.97 Å². The minimum absolute atomic E-state index is 0.115. The molecule has 0 heterocycles. The van der Waals surface area contributed by atoms with Crippen LogP contribution in [-0.4, -0.2) is 11.6 Å². The van der Waals surface area contributed by atoms with Crippen LogP contribution in [0.4, 0.5) is 0 Å². The van der Waals surface area contributed by atoms with E-state index in [1.165, 1.54) is 0 Å². The fourth-order valence-corrected chi connectivity index (χ4v) is 0.951. The molecule has 0 aliphatic heterocycles. The van der Waals surface area contributed by atoms with Gasteiger partial charge in [0.25, 0.3) is 0 Å². The number of carbonyl (C=O) groups is 1. The molecular formula is C9H14O2. The number of hydrogen-bond donors (Lipinski definition) is 0. The van der Waals surface area contributed by atoms with E-state index in [9.17, 15) is 4.79 Å². The summed E-state index contributed by atoms with van der Waals surface area (Å²) in [5.74, 6) is -0.246. The quantitative estimate of drug-likeness (QED) is 0.459. The summed E-state index contributed by atoms with van der Waals surface area (Å²) in [6.45, 7) is 7.24. The van der Waals surface area contributed by atoms with E-state index in [2.05, 4.69) is 6.58 Å². The molecule has 2 nitrogen and oxygen atoms in total. The summed E-state index contributed by atoms with van der Waals surface area (Å²) in [7, 11) is 0. The number of esters is 1. The molecule has 1 aliphatic carbocycles. The predicted molar refractivity (Wildman–Crippen MR) is 43.2 cm³/mol. The second-order valence-electron chi connectivity index (χ2n) is 3.21. The summed E-state index contributed by atoms with van der Waals surface area (Å²) >= 11 is 0. The van der Waals surface area contributed by atoms with E-state index >= 15 is 0 Å². The van der Waals surface area contributed by atoms with E-state index in [1.54, 1.807) is 6.92 Å². The Kier molecular flexibility index (Phi) is 2.03. The molecule has 1 rings (SSSR count). The molecule has 0 N–H and O–H groups in total. The van der Waals surface area contributed by atoms with Gasteiger partial charge in [0.2, 0.25) is 0 Å². The van der Waals surface area contributed by atoms with E-state index in [0.717, 1.165) is 19.3 Å². The number of carbonyl (C=O) groups excluding carboxylic acids is 1. The molecule has 1 aliphatic rings. The van der Waals surface area contributed by atoms with E-state index in [-0.39, 0.29) is 11.6 Å². The summed E-state index contributed by atoms with van der Waals surface area (Å²) in [5.41, 5.74) is 0.375. The van der Waals surface area contributed by atoms with Crippen LogP contribution in [0.3, 0.4) is 0 Å². The Morgan fingerprint density at radius 2 is 2.18 bits per heavy atom. The van der Waals surface area contributed by atoms with Crippen molar-refractivity contribution in [3.63, 3.8) is 0 Å². The Bertz CT molecular complexity index is 190. The van der Waals surface area contributed by atoms with Crippen LogP contribution in [0, 0.1) is 0 Å². The molecule has 0 unspecified atom stereocenters. The summed E-state index contributed by atoms with van der Waals surface area (Å²) in [6.07, 6.45) is 2.96. The topological polar surface area (TPSA) is 26.3 Å². The van der Waals surface area contributed by atoms with Gasteiger partial charge in [-0.1, -0.05) is 13.5 Å². The highest BCUT2D eigenvalue weighted by Crippen LogP contribution is 2.42. The fourth-order valence-electron chi connectivity index (χ4n) is 0.951. The Morgan fingerprint density at radius 3 is 2.45 bits per heavy atom. The smallest absolute Gasteiger partial charge is 0.333 e. The van der Waals surface area contributed by atoms with Gasteiger partial charge in [-0.05, 0) is 26.2 Å². The first-order chi connectivity index (χ1) is 5.09. The average molecular weight is 154 g/mol. The first-order valence-electron chi connectivity index (χ1n) is 3.98. The Labute approximate surface area is 67.2 Å². The first-order valence-corrected chi connectivity index (χ1v) is 3.98. The van der Waals surface area contributed by atoms with Gasteiger partial charge in [-0.2, -0.15) is 0 Å². The van der Waals surface area contributed by atoms with Crippen LogP contribution in [0.2, 0.25) is 0 Å². The highest BCUT2D eigenvalue weighted by Gasteiger charge is 2.44. The highest BCUT2D eigenvalue weighted by molar-refractivity contribution is 5.87. The van der Waals surface area contributed by atoms with Crippen molar-refractivity contribution < 1.29 is 9.53 Å². The van der Waals surface area contributed by atoms with Gasteiger partial charge in [0.1, 0.15) is 5.60 Å². The van der Waals surface area contributed by atoms with Crippen molar-refractivity contribution in [3.8, 4) is 0 Å². The van der Waals surface area contributed by atoms with E-state index in [0.29, 0.717) is 5.57 Å². The number of rotatable bonds is 3. The zero-order chi connectivity index (χ0) is 8.48. The maximum Gasteiger partial charge on any atom is 0.333 e. The van der Waals surface area contributed by atoms with Crippen LogP contribution in [0.1, 0.15) is 33.1 Å². The zero-order valence-electron chi connectivity index (χ0n) is 7.14. The van der Waals surface area contributed by atoms with Crippen molar-refractivity contribution in [2.45, 2.75) is 38.7 Å². The van der Waals surface area contributed by atoms with Gasteiger partial charge in [0.05, 0.1) is 0 Å². The van der Waals surface area contributed by atoms with Crippen LogP contribution in [0.5, 0.6) is 0 Å². The maximum absolute atomic E-state index is 11.0. The first kappa shape index (κ1) is 8.31. The lowest BCUT2D eigenvalue weighted by atomic mass is 10.2.